The zero-order chi connectivity index (χ0) is 13.7. The maximum absolute atomic E-state index is 11.8. The van der Waals surface area contributed by atoms with E-state index in [0.717, 1.165) is 4.90 Å². The standard InChI is InChI=1S/C12H14N2O4S/c15-10(7-19-9-1-4-13-5-2-9)14-12(11(16)17)3-6-18-8-12/h1-2,4-5H,3,6-8H2,(H,14,15)(H,16,17). The van der Waals surface area contributed by atoms with Crippen LogP contribution < -0.4 is 5.32 Å². The van der Waals surface area contributed by atoms with Gasteiger partial charge in [0.1, 0.15) is 0 Å². The zero-order valence-corrected chi connectivity index (χ0v) is 11.0. The molecule has 102 valence electrons. The molecule has 0 aromatic carbocycles. The molecule has 1 aromatic heterocycles. The van der Waals surface area contributed by atoms with E-state index >= 15 is 0 Å². The van der Waals surface area contributed by atoms with Crippen LogP contribution in [-0.2, 0) is 14.3 Å². The molecule has 19 heavy (non-hydrogen) atoms. The van der Waals surface area contributed by atoms with Gasteiger partial charge in [0.2, 0.25) is 5.91 Å². The van der Waals surface area contributed by atoms with Gasteiger partial charge in [-0.05, 0) is 12.1 Å². The number of carboxylic acids is 1. The van der Waals surface area contributed by atoms with Crippen molar-refractivity contribution in [3.8, 4) is 0 Å². The fourth-order valence-electron chi connectivity index (χ4n) is 1.77. The highest BCUT2D eigenvalue weighted by atomic mass is 32.2. The van der Waals surface area contributed by atoms with Crippen LogP contribution in [0.2, 0.25) is 0 Å². The van der Waals surface area contributed by atoms with Crippen molar-refractivity contribution in [1.29, 1.82) is 0 Å². The van der Waals surface area contributed by atoms with E-state index in [1.165, 1.54) is 11.8 Å². The highest BCUT2D eigenvalue weighted by molar-refractivity contribution is 8.00. The topological polar surface area (TPSA) is 88.5 Å². The first kappa shape index (κ1) is 13.8. The minimum Gasteiger partial charge on any atom is -0.479 e. The summed E-state index contributed by atoms with van der Waals surface area (Å²) >= 11 is 1.34. The predicted octanol–water partition coefficient (Wildman–Crippen LogP) is 0.534. The molecule has 1 amide bonds. The molecular weight excluding hydrogens is 268 g/mol. The van der Waals surface area contributed by atoms with E-state index < -0.39 is 11.5 Å². The van der Waals surface area contributed by atoms with Gasteiger partial charge in [0.15, 0.2) is 5.54 Å². The smallest absolute Gasteiger partial charge is 0.331 e. The minimum atomic E-state index is -1.27. The predicted molar refractivity (Wildman–Crippen MR) is 68.9 cm³/mol. The SMILES string of the molecule is O=C(CSc1ccncc1)NC1(C(=O)O)CCOC1. The number of nitrogens with zero attached hydrogens (tertiary/aromatic N) is 1. The first-order valence-corrected chi connectivity index (χ1v) is 6.76. The molecule has 1 saturated heterocycles. The van der Waals surface area contributed by atoms with Crippen molar-refractivity contribution < 1.29 is 19.4 Å². The van der Waals surface area contributed by atoms with E-state index in [1.807, 2.05) is 0 Å². The number of carbonyl (C=O) groups excluding carboxylic acids is 1. The number of carboxylic acid groups (broad SMARTS) is 1. The van der Waals surface area contributed by atoms with Crippen molar-refractivity contribution in [3.05, 3.63) is 24.5 Å². The number of aliphatic carboxylic acids is 1. The van der Waals surface area contributed by atoms with Crippen LogP contribution in [-0.4, -0.2) is 46.5 Å². The van der Waals surface area contributed by atoms with Crippen LogP contribution in [0.1, 0.15) is 6.42 Å². The Kier molecular flexibility index (Phi) is 4.39. The summed E-state index contributed by atoms with van der Waals surface area (Å²) in [5, 5.41) is 11.8. The summed E-state index contributed by atoms with van der Waals surface area (Å²) in [7, 11) is 0. The van der Waals surface area contributed by atoms with E-state index in [4.69, 9.17) is 4.74 Å². The molecule has 1 atom stereocenters. The van der Waals surface area contributed by atoms with E-state index in [2.05, 4.69) is 10.3 Å². The fourth-order valence-corrected chi connectivity index (χ4v) is 2.46. The van der Waals surface area contributed by atoms with Crippen molar-refractivity contribution in [3.63, 3.8) is 0 Å². The molecule has 2 rings (SSSR count). The summed E-state index contributed by atoms with van der Waals surface area (Å²) in [5.74, 6) is -1.19. The number of thioether (sulfide) groups is 1. The largest absolute Gasteiger partial charge is 0.479 e. The Bertz CT molecular complexity index is 460. The highest BCUT2D eigenvalue weighted by Gasteiger charge is 2.43. The molecule has 1 aromatic rings. The van der Waals surface area contributed by atoms with E-state index in [-0.39, 0.29) is 18.3 Å². The average molecular weight is 282 g/mol. The average Bonchev–Trinajstić information content (AvgIpc) is 2.87. The molecule has 1 aliphatic heterocycles. The molecule has 0 saturated carbocycles. The van der Waals surface area contributed by atoms with Gasteiger partial charge >= 0.3 is 5.97 Å². The normalized spacial score (nSPS) is 22.1. The lowest BCUT2D eigenvalue weighted by Gasteiger charge is -2.23. The number of amides is 1. The molecule has 1 aliphatic rings. The lowest BCUT2D eigenvalue weighted by Crippen LogP contribution is -2.55. The number of hydrogen-bond acceptors (Lipinski definition) is 5. The zero-order valence-electron chi connectivity index (χ0n) is 10.2. The second-order valence-electron chi connectivity index (χ2n) is 4.21. The van der Waals surface area contributed by atoms with Crippen LogP contribution in [0.25, 0.3) is 0 Å². The molecule has 0 spiro atoms. The van der Waals surface area contributed by atoms with Crippen molar-refractivity contribution in [2.24, 2.45) is 0 Å². The third-order valence-electron chi connectivity index (χ3n) is 2.83. The Hall–Kier alpha value is -1.60. The summed E-state index contributed by atoms with van der Waals surface area (Å²) in [6.07, 6.45) is 3.58. The lowest BCUT2D eigenvalue weighted by molar-refractivity contribution is -0.147. The van der Waals surface area contributed by atoms with E-state index in [1.54, 1.807) is 24.5 Å². The highest BCUT2D eigenvalue weighted by Crippen LogP contribution is 2.20. The van der Waals surface area contributed by atoms with Crippen LogP contribution in [0.4, 0.5) is 0 Å². The van der Waals surface area contributed by atoms with Gasteiger partial charge in [-0.1, -0.05) is 0 Å². The van der Waals surface area contributed by atoms with Crippen molar-refractivity contribution in [2.45, 2.75) is 16.9 Å². The molecule has 0 aliphatic carbocycles. The van der Waals surface area contributed by atoms with Crippen LogP contribution in [0.3, 0.4) is 0 Å². The molecule has 0 bridgehead atoms. The van der Waals surface area contributed by atoms with E-state index in [0.29, 0.717) is 13.0 Å². The van der Waals surface area contributed by atoms with Crippen molar-refractivity contribution in [2.75, 3.05) is 19.0 Å². The molecule has 0 radical (unpaired) electrons. The van der Waals surface area contributed by atoms with Gasteiger partial charge in [-0.15, -0.1) is 11.8 Å². The van der Waals surface area contributed by atoms with Gasteiger partial charge in [-0.2, -0.15) is 0 Å². The van der Waals surface area contributed by atoms with Crippen LogP contribution in [0.5, 0.6) is 0 Å². The Morgan fingerprint density at radius 3 is 2.79 bits per heavy atom. The van der Waals surface area contributed by atoms with E-state index in [9.17, 15) is 14.7 Å². The first-order valence-electron chi connectivity index (χ1n) is 5.77. The summed E-state index contributed by atoms with van der Waals surface area (Å²) in [6, 6.07) is 3.59. The third-order valence-corrected chi connectivity index (χ3v) is 3.84. The van der Waals surface area contributed by atoms with Gasteiger partial charge in [-0.3, -0.25) is 9.78 Å². The Labute approximate surface area is 114 Å². The van der Waals surface area contributed by atoms with Crippen molar-refractivity contribution in [1.82, 2.24) is 10.3 Å². The summed E-state index contributed by atoms with van der Waals surface area (Å²) in [5.41, 5.74) is -1.27. The first-order chi connectivity index (χ1) is 9.12. The summed E-state index contributed by atoms with van der Waals surface area (Å²) in [6.45, 7) is 0.373. The second kappa shape index (κ2) is 6.03. The summed E-state index contributed by atoms with van der Waals surface area (Å²) < 4.78 is 5.07. The number of hydrogen-bond donors (Lipinski definition) is 2. The van der Waals surface area contributed by atoms with Crippen LogP contribution >= 0.6 is 11.8 Å². The maximum atomic E-state index is 11.8. The molecule has 6 nitrogen and oxygen atoms in total. The fraction of sp³-hybridized carbons (Fsp3) is 0.417. The molecule has 2 N–H and O–H groups in total. The minimum absolute atomic E-state index is 0.0218. The number of ether oxygens (including phenoxy) is 1. The van der Waals surface area contributed by atoms with Gasteiger partial charge in [0, 0.05) is 30.3 Å². The Morgan fingerprint density at radius 1 is 1.47 bits per heavy atom. The number of nitrogens with one attached hydrogen (secondary N) is 1. The molecule has 2 heterocycles. The maximum Gasteiger partial charge on any atom is 0.331 e. The number of rotatable bonds is 5. The quantitative estimate of drug-likeness (QED) is 0.766. The monoisotopic (exact) mass is 282 g/mol. The number of carbonyl (C=O) groups is 2. The Morgan fingerprint density at radius 2 is 2.21 bits per heavy atom. The van der Waals surface area contributed by atoms with Crippen LogP contribution in [0.15, 0.2) is 29.4 Å². The van der Waals surface area contributed by atoms with Gasteiger partial charge in [0.25, 0.3) is 0 Å². The number of aromatic nitrogens is 1. The van der Waals surface area contributed by atoms with Crippen molar-refractivity contribution >= 4 is 23.6 Å². The van der Waals surface area contributed by atoms with Gasteiger partial charge in [0.05, 0.1) is 12.4 Å². The molecule has 1 unspecified atom stereocenters. The van der Waals surface area contributed by atoms with Gasteiger partial charge in [-0.25, -0.2) is 4.79 Å². The third kappa shape index (κ3) is 3.45. The molecule has 1 fully saturated rings. The summed E-state index contributed by atoms with van der Waals surface area (Å²) in [4.78, 5) is 27.8. The van der Waals surface area contributed by atoms with Gasteiger partial charge < -0.3 is 15.2 Å². The van der Waals surface area contributed by atoms with Crippen LogP contribution in [0, 0.1) is 0 Å². The Balaban J connectivity index is 1.88. The molecule has 7 heteroatoms. The lowest BCUT2D eigenvalue weighted by atomic mass is 9.99. The second-order valence-corrected chi connectivity index (χ2v) is 5.26. The molecular formula is C12H14N2O4S. The number of pyridine rings is 1.